The van der Waals surface area contributed by atoms with E-state index in [9.17, 15) is 10.1 Å². The maximum absolute atomic E-state index is 12.8. The number of pyridine rings is 1. The molecule has 0 radical (unpaired) electrons. The first-order valence-electron chi connectivity index (χ1n) is 8.87. The van der Waals surface area contributed by atoms with Crippen LogP contribution in [0, 0.1) is 11.3 Å². The maximum Gasteiger partial charge on any atom is 0.263 e. The highest BCUT2D eigenvalue weighted by molar-refractivity contribution is 7.21. The van der Waals surface area contributed by atoms with Crippen molar-refractivity contribution in [3.63, 3.8) is 0 Å². The number of anilines is 2. The molecule has 0 aliphatic heterocycles. The van der Waals surface area contributed by atoms with Gasteiger partial charge in [-0.1, -0.05) is 36.4 Å². The van der Waals surface area contributed by atoms with E-state index in [1.54, 1.807) is 0 Å². The van der Waals surface area contributed by atoms with E-state index in [-0.39, 0.29) is 17.3 Å². The van der Waals surface area contributed by atoms with Gasteiger partial charge >= 0.3 is 0 Å². The SMILES string of the molecule is N#Cc1c(N)nc2sc(C(=O)NCCc3ccccc3)c(N)c2c1-c1cccs1. The highest BCUT2D eigenvalue weighted by atomic mass is 32.1. The van der Waals surface area contributed by atoms with Gasteiger partial charge in [-0.3, -0.25) is 4.79 Å². The number of amides is 1. The summed E-state index contributed by atoms with van der Waals surface area (Å²) < 4.78 is 0. The number of hydrogen-bond acceptors (Lipinski definition) is 7. The Bertz CT molecular complexity index is 1220. The van der Waals surface area contributed by atoms with Crippen molar-refractivity contribution in [1.82, 2.24) is 10.3 Å². The molecule has 0 unspecified atom stereocenters. The highest BCUT2D eigenvalue weighted by Gasteiger charge is 2.24. The van der Waals surface area contributed by atoms with Gasteiger partial charge in [0.2, 0.25) is 0 Å². The molecule has 0 saturated heterocycles. The summed E-state index contributed by atoms with van der Waals surface area (Å²) in [5.41, 5.74) is 14.8. The molecule has 5 N–H and O–H groups in total. The summed E-state index contributed by atoms with van der Waals surface area (Å²) >= 11 is 2.67. The van der Waals surface area contributed by atoms with Gasteiger partial charge in [0.1, 0.15) is 27.2 Å². The average molecular weight is 420 g/mol. The van der Waals surface area contributed by atoms with E-state index in [4.69, 9.17) is 11.5 Å². The first kappa shape index (κ1) is 18.9. The van der Waals surface area contributed by atoms with Gasteiger partial charge in [0, 0.05) is 22.4 Å². The zero-order valence-corrected chi connectivity index (χ0v) is 16.9. The molecule has 8 heteroatoms. The number of nitrogens with zero attached hydrogens (tertiary/aromatic N) is 2. The first-order valence-corrected chi connectivity index (χ1v) is 10.6. The number of fused-ring (bicyclic) bond motifs is 1. The van der Waals surface area contributed by atoms with Gasteiger partial charge in [0.05, 0.1) is 5.69 Å². The molecular formula is C21H17N5OS2. The minimum atomic E-state index is -0.254. The molecule has 144 valence electrons. The molecule has 4 rings (SSSR count). The van der Waals surface area contributed by atoms with Crippen molar-refractivity contribution in [1.29, 1.82) is 5.26 Å². The number of thiophene rings is 2. The van der Waals surface area contributed by atoms with E-state index in [1.807, 2.05) is 47.8 Å². The second-order valence-electron chi connectivity index (χ2n) is 6.35. The Labute approximate surface area is 175 Å². The molecule has 3 heterocycles. The molecule has 0 atom stereocenters. The summed E-state index contributed by atoms with van der Waals surface area (Å²) in [6.45, 7) is 0.493. The number of aromatic nitrogens is 1. The van der Waals surface area contributed by atoms with Gasteiger partial charge in [0.25, 0.3) is 5.91 Å². The Kier molecular flexibility index (Phi) is 5.16. The molecule has 29 heavy (non-hydrogen) atoms. The molecule has 0 aliphatic rings. The van der Waals surface area contributed by atoms with Crippen LogP contribution in [-0.2, 0) is 6.42 Å². The number of nitrogens with two attached hydrogens (primary N) is 2. The van der Waals surface area contributed by atoms with Crippen molar-refractivity contribution in [3.05, 3.63) is 63.8 Å². The molecule has 6 nitrogen and oxygen atoms in total. The molecule has 4 aromatic rings. The number of carbonyl (C=O) groups excluding carboxylic acids is 1. The Balaban J connectivity index is 1.70. The molecule has 3 aromatic heterocycles. The van der Waals surface area contributed by atoms with Crippen LogP contribution in [0.5, 0.6) is 0 Å². The van der Waals surface area contributed by atoms with Crippen LogP contribution in [0.15, 0.2) is 47.8 Å². The topological polar surface area (TPSA) is 118 Å². The van der Waals surface area contributed by atoms with E-state index in [0.29, 0.717) is 32.9 Å². The summed E-state index contributed by atoms with van der Waals surface area (Å²) in [6.07, 6.45) is 0.724. The lowest BCUT2D eigenvalue weighted by Gasteiger charge is -2.07. The van der Waals surface area contributed by atoms with Crippen LogP contribution in [0.4, 0.5) is 11.5 Å². The number of rotatable bonds is 5. The number of nitriles is 1. The van der Waals surface area contributed by atoms with Crippen LogP contribution in [0.1, 0.15) is 20.8 Å². The van der Waals surface area contributed by atoms with Crippen molar-refractivity contribution < 1.29 is 4.79 Å². The number of nitrogen functional groups attached to an aromatic ring is 2. The largest absolute Gasteiger partial charge is 0.397 e. The Morgan fingerprint density at radius 1 is 1.17 bits per heavy atom. The van der Waals surface area contributed by atoms with Crippen LogP contribution in [-0.4, -0.2) is 17.4 Å². The second kappa shape index (κ2) is 7.91. The molecule has 0 spiro atoms. The summed E-state index contributed by atoms with van der Waals surface area (Å²) in [4.78, 5) is 18.9. The predicted molar refractivity (Wildman–Crippen MR) is 119 cm³/mol. The van der Waals surface area contributed by atoms with Crippen molar-refractivity contribution in [2.75, 3.05) is 18.0 Å². The monoisotopic (exact) mass is 419 g/mol. The van der Waals surface area contributed by atoms with Crippen LogP contribution in [0.3, 0.4) is 0 Å². The van der Waals surface area contributed by atoms with Crippen LogP contribution in [0.25, 0.3) is 20.7 Å². The Morgan fingerprint density at radius 3 is 2.66 bits per heavy atom. The summed E-state index contributed by atoms with van der Waals surface area (Å²) in [5.74, 6) is -0.115. The van der Waals surface area contributed by atoms with Crippen molar-refractivity contribution >= 4 is 50.3 Å². The van der Waals surface area contributed by atoms with E-state index in [0.717, 1.165) is 16.9 Å². The molecule has 1 aromatic carbocycles. The third-order valence-electron chi connectivity index (χ3n) is 4.53. The molecule has 0 saturated carbocycles. The van der Waals surface area contributed by atoms with E-state index in [1.165, 1.54) is 22.7 Å². The molecule has 0 bridgehead atoms. The Hall–Kier alpha value is -3.41. The van der Waals surface area contributed by atoms with Crippen LogP contribution in [0.2, 0.25) is 0 Å². The normalized spacial score (nSPS) is 10.7. The predicted octanol–water partition coefficient (Wildman–Crippen LogP) is 4.03. The van der Waals surface area contributed by atoms with Gasteiger partial charge in [-0.05, 0) is 23.4 Å². The van der Waals surface area contributed by atoms with E-state index < -0.39 is 0 Å². The molecule has 0 aliphatic carbocycles. The maximum atomic E-state index is 12.8. The molecular weight excluding hydrogens is 402 g/mol. The van der Waals surface area contributed by atoms with Gasteiger partial charge < -0.3 is 16.8 Å². The first-order chi connectivity index (χ1) is 14.1. The van der Waals surface area contributed by atoms with Crippen LogP contribution < -0.4 is 16.8 Å². The van der Waals surface area contributed by atoms with Crippen molar-refractivity contribution in [3.8, 4) is 16.5 Å². The van der Waals surface area contributed by atoms with Gasteiger partial charge in [0.15, 0.2) is 0 Å². The third-order valence-corrected chi connectivity index (χ3v) is 6.52. The van der Waals surface area contributed by atoms with Gasteiger partial charge in [-0.2, -0.15) is 5.26 Å². The van der Waals surface area contributed by atoms with E-state index >= 15 is 0 Å². The summed E-state index contributed by atoms with van der Waals surface area (Å²) in [5, 5.41) is 15.0. The van der Waals surface area contributed by atoms with Gasteiger partial charge in [-0.25, -0.2) is 4.98 Å². The lowest BCUT2D eigenvalue weighted by atomic mass is 10.0. The summed E-state index contributed by atoms with van der Waals surface area (Å²) in [6, 6.07) is 15.9. The standard InChI is InChI=1S/C21H17N5OS2/c22-11-13-15(14-7-4-10-28-14)16-17(23)18(29-21(16)26-19(13)24)20(27)25-9-8-12-5-2-1-3-6-12/h1-7,10H,8-9,23H2,(H2,24,26)(H,25,27). The second-order valence-corrected chi connectivity index (χ2v) is 8.30. The summed E-state index contributed by atoms with van der Waals surface area (Å²) in [7, 11) is 0. The fourth-order valence-corrected chi connectivity index (χ4v) is 4.98. The van der Waals surface area contributed by atoms with Crippen molar-refractivity contribution in [2.45, 2.75) is 6.42 Å². The smallest absolute Gasteiger partial charge is 0.263 e. The molecule has 0 fully saturated rings. The minimum absolute atomic E-state index is 0.140. The quantitative estimate of drug-likeness (QED) is 0.451. The average Bonchev–Trinajstić information content (AvgIpc) is 3.36. The number of benzene rings is 1. The fourth-order valence-electron chi connectivity index (χ4n) is 3.16. The highest BCUT2D eigenvalue weighted by Crippen LogP contribution is 2.43. The molecule has 1 amide bonds. The number of nitrogens with one attached hydrogen (secondary N) is 1. The lowest BCUT2D eigenvalue weighted by Crippen LogP contribution is -2.25. The Morgan fingerprint density at radius 2 is 1.97 bits per heavy atom. The zero-order chi connectivity index (χ0) is 20.4. The lowest BCUT2D eigenvalue weighted by molar-refractivity contribution is 0.0959. The van der Waals surface area contributed by atoms with Crippen molar-refractivity contribution in [2.24, 2.45) is 0 Å². The third kappa shape index (κ3) is 3.53. The number of hydrogen-bond donors (Lipinski definition) is 3. The van der Waals surface area contributed by atoms with Gasteiger partial charge in [-0.15, -0.1) is 22.7 Å². The fraction of sp³-hybridized carbons (Fsp3) is 0.0952. The zero-order valence-electron chi connectivity index (χ0n) is 15.3. The minimum Gasteiger partial charge on any atom is -0.397 e. The van der Waals surface area contributed by atoms with E-state index in [2.05, 4.69) is 16.4 Å². The number of carbonyl (C=O) groups is 1. The van der Waals surface area contributed by atoms with Crippen LogP contribution >= 0.6 is 22.7 Å².